The van der Waals surface area contributed by atoms with Crippen molar-refractivity contribution in [3.05, 3.63) is 42.0 Å². The van der Waals surface area contributed by atoms with E-state index < -0.39 is 27.4 Å². The van der Waals surface area contributed by atoms with Crippen molar-refractivity contribution in [3.63, 3.8) is 0 Å². The van der Waals surface area contributed by atoms with Crippen molar-refractivity contribution in [2.45, 2.75) is 54.8 Å². The molecule has 0 saturated carbocycles. The molecule has 0 spiro atoms. The van der Waals surface area contributed by atoms with E-state index in [1.54, 1.807) is 0 Å². The Kier molecular flexibility index (Phi) is 5.37. The van der Waals surface area contributed by atoms with Crippen LogP contribution in [-0.4, -0.2) is 27.4 Å². The molecule has 2 nitrogen and oxygen atoms in total. The van der Waals surface area contributed by atoms with Crippen LogP contribution < -0.4 is 3.58 Å². The number of rotatable bonds is 4. The van der Waals surface area contributed by atoms with Crippen LogP contribution in [0, 0.1) is 5.41 Å². The van der Waals surface area contributed by atoms with Gasteiger partial charge in [0, 0.05) is 0 Å². The minimum absolute atomic E-state index is 0.0604. The molecule has 0 aliphatic heterocycles. The van der Waals surface area contributed by atoms with E-state index in [4.69, 9.17) is 8.84 Å². The Balaban J connectivity index is 2.12. The van der Waals surface area contributed by atoms with E-state index in [0.29, 0.717) is 0 Å². The second kappa shape index (κ2) is 6.99. The van der Waals surface area contributed by atoms with Crippen LogP contribution >= 0.6 is 0 Å². The summed E-state index contributed by atoms with van der Waals surface area (Å²) in [6.07, 6.45) is 0.105. The van der Waals surface area contributed by atoms with Crippen LogP contribution in [0.15, 0.2) is 40.8 Å². The standard InChI is InChI=1S/C19H23O2Si.3CH3.Sn/c1-19(2,3)18(21-22(4)5)13-10-11-15-14-8-6-7-9-16(14)20-17(15)12-13;;;;/h6,8-12,18,22H,1-5H3;3*1H3;. The molecule has 0 N–H and O–H groups in total. The Bertz CT molecular complexity index is 929. The molecule has 0 aliphatic carbocycles. The zero-order valence-electron chi connectivity index (χ0n) is 17.4. The molecule has 3 rings (SSSR count). The second-order valence-corrected chi connectivity index (χ2v) is 26.6. The maximum absolute atomic E-state index is 6.39. The van der Waals surface area contributed by atoms with E-state index in [-0.39, 0.29) is 11.5 Å². The predicted molar refractivity (Wildman–Crippen MR) is 119 cm³/mol. The van der Waals surface area contributed by atoms with Crippen molar-refractivity contribution in [2.75, 3.05) is 0 Å². The molecule has 0 bridgehead atoms. The van der Waals surface area contributed by atoms with Crippen LogP contribution in [0.25, 0.3) is 21.9 Å². The van der Waals surface area contributed by atoms with Crippen LogP contribution in [0.2, 0.25) is 27.9 Å². The molecule has 2 aromatic carbocycles. The summed E-state index contributed by atoms with van der Waals surface area (Å²) < 4.78 is 14.2. The van der Waals surface area contributed by atoms with Crippen LogP contribution in [0.3, 0.4) is 0 Å². The topological polar surface area (TPSA) is 22.4 Å². The normalized spacial score (nSPS) is 14.5. The van der Waals surface area contributed by atoms with Gasteiger partial charge in [0.15, 0.2) is 0 Å². The Morgan fingerprint density at radius 1 is 0.923 bits per heavy atom. The maximum atomic E-state index is 6.39. The van der Waals surface area contributed by atoms with Crippen molar-refractivity contribution >= 4 is 52.9 Å². The first-order valence-electron chi connectivity index (χ1n) is 9.59. The fourth-order valence-corrected chi connectivity index (χ4v) is 7.86. The van der Waals surface area contributed by atoms with Crippen molar-refractivity contribution < 1.29 is 8.84 Å². The molecular formula is C22H32O2SiSn. The molecule has 0 aliphatic rings. The van der Waals surface area contributed by atoms with Crippen LogP contribution in [-0.2, 0) is 4.43 Å². The van der Waals surface area contributed by atoms with Crippen molar-refractivity contribution in [2.24, 2.45) is 5.41 Å². The first-order chi connectivity index (χ1) is 12.0. The third-order valence-electron chi connectivity index (χ3n) is 4.86. The molecule has 0 fully saturated rings. The van der Waals surface area contributed by atoms with Crippen LogP contribution in [0.5, 0.6) is 0 Å². The van der Waals surface area contributed by atoms with Crippen LogP contribution in [0.1, 0.15) is 32.4 Å². The van der Waals surface area contributed by atoms with Gasteiger partial charge in [-0.25, -0.2) is 0 Å². The second-order valence-electron chi connectivity index (χ2n) is 9.75. The summed E-state index contributed by atoms with van der Waals surface area (Å²) in [6, 6.07) is 13.5. The molecule has 4 heteroatoms. The molecule has 1 atom stereocenters. The molecule has 0 amide bonds. The molecule has 140 valence electrons. The SMILES string of the molecule is C[SiH](C)OC(c1ccc2c(c1)oc1c[c]([Sn]([CH3])([CH3])[CH3])ccc12)C(C)(C)C. The molecule has 0 radical (unpaired) electrons. The van der Waals surface area contributed by atoms with Gasteiger partial charge in [0.2, 0.25) is 0 Å². The van der Waals surface area contributed by atoms with Gasteiger partial charge in [-0.1, -0.05) is 0 Å². The fraction of sp³-hybridized carbons (Fsp3) is 0.455. The molecular weight excluding hydrogens is 443 g/mol. The summed E-state index contributed by atoms with van der Waals surface area (Å²) in [7, 11) is -1.14. The molecule has 1 unspecified atom stereocenters. The molecule has 3 aromatic rings. The zero-order valence-corrected chi connectivity index (χ0v) is 21.4. The van der Waals surface area contributed by atoms with E-state index in [0.717, 1.165) is 11.2 Å². The summed E-state index contributed by atoms with van der Waals surface area (Å²) in [5, 5.41) is 2.42. The van der Waals surface area contributed by atoms with Gasteiger partial charge in [-0.05, 0) is 0 Å². The molecule has 1 aromatic heterocycles. The Morgan fingerprint density at radius 3 is 2.04 bits per heavy atom. The summed E-state index contributed by atoms with van der Waals surface area (Å²) in [5.41, 5.74) is 3.28. The van der Waals surface area contributed by atoms with Crippen molar-refractivity contribution in [3.8, 4) is 0 Å². The zero-order chi connectivity index (χ0) is 19.3. The minimum atomic E-state index is -2.10. The van der Waals surface area contributed by atoms with Gasteiger partial charge in [0.25, 0.3) is 0 Å². The van der Waals surface area contributed by atoms with Crippen molar-refractivity contribution in [1.82, 2.24) is 0 Å². The van der Waals surface area contributed by atoms with Gasteiger partial charge in [0.1, 0.15) is 0 Å². The van der Waals surface area contributed by atoms with Crippen LogP contribution in [0.4, 0.5) is 0 Å². The quantitative estimate of drug-likeness (QED) is 0.419. The molecule has 0 saturated heterocycles. The number of hydrogen-bond acceptors (Lipinski definition) is 2. The third-order valence-corrected chi connectivity index (χ3v) is 11.5. The summed E-state index contributed by atoms with van der Waals surface area (Å²) >= 11 is -2.10. The van der Waals surface area contributed by atoms with Gasteiger partial charge >= 0.3 is 164 Å². The van der Waals surface area contributed by atoms with Gasteiger partial charge in [-0.3, -0.25) is 0 Å². The van der Waals surface area contributed by atoms with E-state index >= 15 is 0 Å². The Hall–Kier alpha value is -0.784. The first-order valence-corrected chi connectivity index (χ1v) is 22.4. The Morgan fingerprint density at radius 2 is 1.50 bits per heavy atom. The summed E-state index contributed by atoms with van der Waals surface area (Å²) in [6.45, 7) is 11.2. The monoisotopic (exact) mass is 476 g/mol. The van der Waals surface area contributed by atoms with E-state index in [1.165, 1.54) is 19.9 Å². The Labute approximate surface area is 163 Å². The number of hydrogen-bond donors (Lipinski definition) is 0. The third kappa shape index (κ3) is 4.05. The molecule has 26 heavy (non-hydrogen) atoms. The van der Waals surface area contributed by atoms with Crippen molar-refractivity contribution in [1.29, 1.82) is 0 Å². The van der Waals surface area contributed by atoms with Gasteiger partial charge in [0.05, 0.1) is 0 Å². The fourth-order valence-electron chi connectivity index (χ4n) is 3.48. The summed E-state index contributed by atoms with van der Waals surface area (Å²) in [5.74, 6) is 0. The average molecular weight is 475 g/mol. The van der Waals surface area contributed by atoms with E-state index in [1.807, 2.05) is 0 Å². The van der Waals surface area contributed by atoms with Gasteiger partial charge in [-0.2, -0.15) is 0 Å². The van der Waals surface area contributed by atoms with E-state index in [2.05, 4.69) is 85.1 Å². The number of fused-ring (bicyclic) bond motifs is 3. The number of benzene rings is 2. The summed E-state index contributed by atoms with van der Waals surface area (Å²) in [4.78, 5) is 7.33. The predicted octanol–water partition coefficient (Wildman–Crippen LogP) is 6.22. The van der Waals surface area contributed by atoms with Gasteiger partial charge in [-0.15, -0.1) is 0 Å². The van der Waals surface area contributed by atoms with E-state index in [9.17, 15) is 0 Å². The first kappa shape index (κ1) is 20.0. The average Bonchev–Trinajstić information content (AvgIpc) is 2.87. The van der Waals surface area contributed by atoms with Gasteiger partial charge < -0.3 is 0 Å². The number of furan rings is 1. The molecule has 1 heterocycles.